The summed E-state index contributed by atoms with van der Waals surface area (Å²) in [5.74, 6) is 2.65. The molecule has 0 radical (unpaired) electrons. The maximum atomic E-state index is 12.7. The zero-order chi connectivity index (χ0) is 24.5. The van der Waals surface area contributed by atoms with Crippen LogP contribution in [0.2, 0.25) is 0 Å². The number of benzene rings is 1. The molecule has 35 heavy (non-hydrogen) atoms. The van der Waals surface area contributed by atoms with Gasteiger partial charge in [-0.1, -0.05) is 24.8 Å². The second-order valence-electron chi connectivity index (χ2n) is 7.81. The van der Waals surface area contributed by atoms with Crippen LogP contribution in [0.4, 0.5) is 11.6 Å². The predicted molar refractivity (Wildman–Crippen MR) is 142 cm³/mol. The molecule has 10 heteroatoms. The molecular weight excluding hydrogens is 557 g/mol. The minimum Gasteiger partial charge on any atom is -0.383 e. The number of anilines is 2. The van der Waals surface area contributed by atoms with Gasteiger partial charge in [0.15, 0.2) is 0 Å². The fraction of sp³-hybridized carbons (Fsp3) is 0.0800. The van der Waals surface area contributed by atoms with E-state index in [-0.39, 0.29) is 17.9 Å². The molecule has 0 spiro atoms. The molecule has 3 aromatic heterocycles. The standard InChI is InChI=1S/C25H18IN7O2/c1-14-17(31-19(34)9-10-26)12-33-22(14)20(21-23(27)29-13-30-24(21)33)15-5-7-16(8-6-15)25(35)32-18-4-2-3-11-28-18/h2-8,11,13,17H,1,12H2,(H,31,34)(H2,27,29,30)(H,28,32,35). The second-order valence-corrected chi connectivity index (χ2v) is 8.35. The number of amides is 2. The van der Waals surface area contributed by atoms with Gasteiger partial charge in [-0.3, -0.25) is 9.59 Å². The lowest BCUT2D eigenvalue weighted by Crippen LogP contribution is -2.34. The van der Waals surface area contributed by atoms with Crippen LogP contribution in [0.5, 0.6) is 0 Å². The summed E-state index contributed by atoms with van der Waals surface area (Å²) in [6.07, 6.45) is 3.02. The Labute approximate surface area is 214 Å². The first kappa shape index (κ1) is 22.5. The number of nitrogen functional groups attached to an aromatic ring is 1. The SMILES string of the molecule is C=C1c2c(-c3ccc(C(=O)Nc4ccccn4)cc3)c3c(N)ncnc3n2CC1NC(=O)C#CI. The number of halogens is 1. The highest BCUT2D eigenvalue weighted by Gasteiger charge is 2.34. The zero-order valence-electron chi connectivity index (χ0n) is 18.2. The fourth-order valence-corrected chi connectivity index (χ4v) is 4.47. The molecule has 0 bridgehead atoms. The zero-order valence-corrected chi connectivity index (χ0v) is 20.4. The lowest BCUT2D eigenvalue weighted by atomic mass is 9.97. The van der Waals surface area contributed by atoms with E-state index in [0.29, 0.717) is 34.8 Å². The van der Waals surface area contributed by atoms with E-state index >= 15 is 0 Å². The number of carbonyl (C=O) groups is 2. The van der Waals surface area contributed by atoms with Crippen molar-refractivity contribution in [2.45, 2.75) is 12.6 Å². The normalized spacial score (nSPS) is 14.2. The Morgan fingerprint density at radius 1 is 1.14 bits per heavy atom. The summed E-state index contributed by atoms with van der Waals surface area (Å²) in [6, 6.07) is 12.1. The maximum Gasteiger partial charge on any atom is 0.297 e. The molecule has 0 saturated carbocycles. The molecule has 1 aliphatic heterocycles. The average Bonchev–Trinajstić information content (AvgIpc) is 3.35. The molecular formula is C25H18IN7O2. The minimum absolute atomic E-state index is 0.270. The number of aromatic nitrogens is 4. The van der Waals surface area contributed by atoms with Crippen LogP contribution in [0.15, 0.2) is 61.6 Å². The summed E-state index contributed by atoms with van der Waals surface area (Å²) in [4.78, 5) is 37.5. The lowest BCUT2D eigenvalue weighted by molar-refractivity contribution is -0.116. The Kier molecular flexibility index (Phi) is 5.92. The number of nitrogens with two attached hydrogens (primary N) is 1. The molecule has 1 unspecified atom stereocenters. The molecule has 1 aromatic carbocycles. The fourth-order valence-electron chi connectivity index (χ4n) is 4.23. The van der Waals surface area contributed by atoms with Crippen molar-refractivity contribution in [3.05, 3.63) is 72.8 Å². The van der Waals surface area contributed by atoms with E-state index in [0.717, 1.165) is 22.4 Å². The number of carbonyl (C=O) groups excluding carboxylic acids is 2. The van der Waals surface area contributed by atoms with Crippen LogP contribution in [0.3, 0.4) is 0 Å². The molecule has 0 saturated heterocycles. The quantitative estimate of drug-likeness (QED) is 0.253. The third kappa shape index (κ3) is 4.10. The lowest BCUT2D eigenvalue weighted by Gasteiger charge is -2.13. The Bertz CT molecular complexity index is 1550. The van der Waals surface area contributed by atoms with Crippen molar-refractivity contribution >= 4 is 62.6 Å². The summed E-state index contributed by atoms with van der Waals surface area (Å²) in [6.45, 7) is 4.69. The highest BCUT2D eigenvalue weighted by Crippen LogP contribution is 2.43. The van der Waals surface area contributed by atoms with Gasteiger partial charge >= 0.3 is 0 Å². The molecule has 5 rings (SSSR count). The van der Waals surface area contributed by atoms with E-state index in [4.69, 9.17) is 5.73 Å². The third-order valence-corrected chi connectivity index (χ3v) is 6.04. The van der Waals surface area contributed by atoms with E-state index in [9.17, 15) is 9.59 Å². The average molecular weight is 575 g/mol. The van der Waals surface area contributed by atoms with Crippen molar-refractivity contribution in [1.82, 2.24) is 24.8 Å². The summed E-state index contributed by atoms with van der Waals surface area (Å²) in [5.41, 5.74) is 10.5. The molecule has 4 heterocycles. The van der Waals surface area contributed by atoms with Gasteiger partial charge in [0.1, 0.15) is 23.6 Å². The van der Waals surface area contributed by atoms with Crippen LogP contribution in [0, 0.1) is 9.85 Å². The molecule has 9 nitrogen and oxygen atoms in total. The topological polar surface area (TPSA) is 128 Å². The summed E-state index contributed by atoms with van der Waals surface area (Å²) in [5, 5.41) is 6.37. The smallest absolute Gasteiger partial charge is 0.297 e. The first-order valence-corrected chi connectivity index (χ1v) is 11.6. The van der Waals surface area contributed by atoms with Gasteiger partial charge in [-0.2, -0.15) is 0 Å². The number of hydrogen-bond acceptors (Lipinski definition) is 6. The first-order chi connectivity index (χ1) is 17.0. The van der Waals surface area contributed by atoms with Gasteiger partial charge in [0.2, 0.25) is 0 Å². The molecule has 0 fully saturated rings. The van der Waals surface area contributed by atoms with Crippen molar-refractivity contribution in [2.75, 3.05) is 11.1 Å². The van der Waals surface area contributed by atoms with Crippen LogP contribution in [-0.2, 0) is 11.3 Å². The number of nitrogens with zero attached hydrogens (tertiary/aromatic N) is 4. The van der Waals surface area contributed by atoms with E-state index < -0.39 is 0 Å². The summed E-state index contributed by atoms with van der Waals surface area (Å²) in [7, 11) is 0. The van der Waals surface area contributed by atoms with Crippen LogP contribution in [0.1, 0.15) is 16.1 Å². The molecule has 0 aliphatic carbocycles. The number of hydrogen-bond donors (Lipinski definition) is 3. The van der Waals surface area contributed by atoms with Crippen molar-refractivity contribution in [1.29, 1.82) is 0 Å². The van der Waals surface area contributed by atoms with Crippen LogP contribution in [-0.4, -0.2) is 37.4 Å². The van der Waals surface area contributed by atoms with Crippen molar-refractivity contribution < 1.29 is 9.59 Å². The molecule has 172 valence electrons. The van der Waals surface area contributed by atoms with Gasteiger partial charge in [-0.25, -0.2) is 15.0 Å². The van der Waals surface area contributed by atoms with Gasteiger partial charge in [0.05, 0.1) is 17.1 Å². The maximum absolute atomic E-state index is 12.7. The van der Waals surface area contributed by atoms with Crippen LogP contribution >= 0.6 is 22.6 Å². The second kappa shape index (κ2) is 9.19. The highest BCUT2D eigenvalue weighted by molar-refractivity contribution is 14.1. The molecule has 1 atom stereocenters. The van der Waals surface area contributed by atoms with Crippen molar-refractivity contribution in [2.24, 2.45) is 0 Å². The van der Waals surface area contributed by atoms with E-state index in [1.807, 2.05) is 39.3 Å². The van der Waals surface area contributed by atoms with Gasteiger partial charge in [0, 0.05) is 52.4 Å². The Morgan fingerprint density at radius 3 is 2.66 bits per heavy atom. The largest absolute Gasteiger partial charge is 0.383 e. The van der Waals surface area contributed by atoms with Gasteiger partial charge in [-0.05, 0) is 39.3 Å². The van der Waals surface area contributed by atoms with Crippen LogP contribution in [0.25, 0.3) is 27.7 Å². The Morgan fingerprint density at radius 2 is 1.94 bits per heavy atom. The van der Waals surface area contributed by atoms with Crippen molar-refractivity contribution in [3.63, 3.8) is 0 Å². The number of pyridine rings is 1. The Balaban J connectivity index is 1.53. The van der Waals surface area contributed by atoms with E-state index in [2.05, 4.69) is 42.0 Å². The molecule has 2 amide bonds. The first-order valence-electron chi connectivity index (χ1n) is 10.5. The van der Waals surface area contributed by atoms with Crippen molar-refractivity contribution in [3.8, 4) is 21.0 Å². The molecule has 1 aliphatic rings. The highest BCUT2D eigenvalue weighted by atomic mass is 127. The number of fused-ring (bicyclic) bond motifs is 3. The van der Waals surface area contributed by atoms with E-state index in [1.54, 1.807) is 36.5 Å². The Hall–Kier alpha value is -4.24. The summed E-state index contributed by atoms with van der Waals surface area (Å²) < 4.78 is 4.55. The number of nitrogens with one attached hydrogen (secondary N) is 2. The van der Waals surface area contributed by atoms with Gasteiger partial charge in [-0.15, -0.1) is 0 Å². The predicted octanol–water partition coefficient (Wildman–Crippen LogP) is 3.24. The minimum atomic E-state index is -0.375. The van der Waals surface area contributed by atoms with Crippen LogP contribution < -0.4 is 16.4 Å². The summed E-state index contributed by atoms with van der Waals surface area (Å²) >= 11 is 1.82. The molecule has 4 aromatic rings. The molecule has 4 N–H and O–H groups in total. The van der Waals surface area contributed by atoms with Gasteiger partial charge < -0.3 is 20.9 Å². The van der Waals surface area contributed by atoms with E-state index in [1.165, 1.54) is 6.33 Å². The van der Waals surface area contributed by atoms with Gasteiger partial charge in [0.25, 0.3) is 11.8 Å². The third-order valence-electron chi connectivity index (χ3n) is 5.77. The number of rotatable bonds is 4. The monoisotopic (exact) mass is 575 g/mol.